The first kappa shape index (κ1) is 14.0. The van der Waals surface area contributed by atoms with E-state index >= 15 is 0 Å². The van der Waals surface area contributed by atoms with Crippen LogP contribution in [0.4, 0.5) is 5.69 Å². The Kier molecular flexibility index (Phi) is 6.06. The van der Waals surface area contributed by atoms with Gasteiger partial charge in [-0.15, -0.1) is 12.3 Å². The first-order valence-electron chi connectivity index (χ1n) is 5.61. The van der Waals surface area contributed by atoms with E-state index in [9.17, 15) is 4.79 Å². The average Bonchev–Trinajstić information content (AvgIpc) is 2.34. The summed E-state index contributed by atoms with van der Waals surface area (Å²) < 4.78 is 1.09. The molecule has 0 heterocycles. The summed E-state index contributed by atoms with van der Waals surface area (Å²) >= 11 is 2.24. The molecule has 0 aromatic heterocycles. The normalized spacial score (nSPS) is 9.71. The number of hydrogen-bond donors (Lipinski definition) is 0. The molecule has 0 N–H and O–H groups in total. The number of nitrogens with zero attached hydrogens (tertiary/aromatic N) is 1. The minimum absolute atomic E-state index is 0.145. The predicted octanol–water partition coefficient (Wildman–Crippen LogP) is 3.45. The summed E-state index contributed by atoms with van der Waals surface area (Å²) in [7, 11) is 1.82. The zero-order valence-corrected chi connectivity index (χ0v) is 12.1. The van der Waals surface area contributed by atoms with Gasteiger partial charge in [-0.25, -0.2) is 0 Å². The molecule has 0 unspecified atom stereocenters. The molecule has 0 spiro atoms. The highest BCUT2D eigenvalue weighted by molar-refractivity contribution is 14.1. The Bertz CT molecular complexity index is 422. The monoisotopic (exact) mass is 341 g/mol. The van der Waals surface area contributed by atoms with Crippen LogP contribution >= 0.6 is 22.6 Å². The van der Waals surface area contributed by atoms with Crippen molar-refractivity contribution in [1.29, 1.82) is 0 Å². The minimum Gasteiger partial charge on any atom is -0.314 e. The molecule has 0 aliphatic carbocycles. The van der Waals surface area contributed by atoms with Crippen molar-refractivity contribution in [3.8, 4) is 12.3 Å². The van der Waals surface area contributed by atoms with E-state index < -0.39 is 0 Å². The second kappa shape index (κ2) is 7.33. The van der Waals surface area contributed by atoms with Gasteiger partial charge in [0.15, 0.2) is 0 Å². The zero-order chi connectivity index (χ0) is 12.7. The molecule has 0 bridgehead atoms. The molecule has 17 heavy (non-hydrogen) atoms. The Morgan fingerprint density at radius 2 is 2.12 bits per heavy atom. The van der Waals surface area contributed by atoms with Crippen molar-refractivity contribution >= 4 is 34.2 Å². The van der Waals surface area contributed by atoms with Gasteiger partial charge in [0.25, 0.3) is 0 Å². The van der Waals surface area contributed by atoms with Gasteiger partial charge in [0.05, 0.1) is 5.69 Å². The number of terminal acetylenes is 1. The average molecular weight is 341 g/mol. The van der Waals surface area contributed by atoms with Crippen LogP contribution in [0.15, 0.2) is 24.3 Å². The number of carbonyl (C=O) groups excluding carboxylic acids is 1. The summed E-state index contributed by atoms with van der Waals surface area (Å²) in [6, 6.07) is 7.87. The summed E-state index contributed by atoms with van der Waals surface area (Å²) in [6.45, 7) is 0. The van der Waals surface area contributed by atoms with Gasteiger partial charge in [0.2, 0.25) is 5.91 Å². The lowest BCUT2D eigenvalue weighted by molar-refractivity contribution is -0.118. The number of para-hydroxylation sites is 1. The number of amides is 1. The van der Waals surface area contributed by atoms with Crippen molar-refractivity contribution in [2.45, 2.75) is 25.7 Å². The van der Waals surface area contributed by atoms with Crippen LogP contribution in [-0.4, -0.2) is 13.0 Å². The smallest absolute Gasteiger partial charge is 0.226 e. The third-order valence-electron chi connectivity index (χ3n) is 2.55. The molecular formula is C14H16INO. The van der Waals surface area contributed by atoms with Crippen molar-refractivity contribution in [1.82, 2.24) is 0 Å². The fraction of sp³-hybridized carbons (Fsp3) is 0.357. The van der Waals surface area contributed by atoms with Crippen LogP contribution < -0.4 is 4.90 Å². The summed E-state index contributed by atoms with van der Waals surface area (Å²) in [6.07, 6.45) is 8.25. The van der Waals surface area contributed by atoms with E-state index in [2.05, 4.69) is 28.5 Å². The number of anilines is 1. The molecule has 1 aromatic rings. The summed E-state index contributed by atoms with van der Waals surface area (Å²) in [4.78, 5) is 13.6. The Morgan fingerprint density at radius 3 is 2.76 bits per heavy atom. The van der Waals surface area contributed by atoms with Gasteiger partial charge in [-0.05, 0) is 47.6 Å². The van der Waals surface area contributed by atoms with Crippen LogP contribution in [0.3, 0.4) is 0 Å². The van der Waals surface area contributed by atoms with E-state index in [1.165, 1.54) is 0 Å². The Morgan fingerprint density at radius 1 is 1.41 bits per heavy atom. The molecular weight excluding hydrogens is 325 g/mol. The highest BCUT2D eigenvalue weighted by Crippen LogP contribution is 2.21. The molecule has 0 fully saturated rings. The second-order valence-corrected chi connectivity index (χ2v) is 4.98. The van der Waals surface area contributed by atoms with Crippen LogP contribution in [0.5, 0.6) is 0 Å². The molecule has 0 atom stereocenters. The fourth-order valence-corrected chi connectivity index (χ4v) is 2.28. The molecule has 0 aliphatic heterocycles. The molecule has 0 saturated heterocycles. The standard InChI is InChI=1S/C14H16INO/c1-3-4-5-6-11-14(17)16(2)13-10-8-7-9-12(13)15/h1,7-10H,4-6,11H2,2H3. The van der Waals surface area contributed by atoms with Gasteiger partial charge < -0.3 is 4.90 Å². The van der Waals surface area contributed by atoms with Crippen molar-refractivity contribution < 1.29 is 4.79 Å². The Hall–Kier alpha value is -1.02. The predicted molar refractivity (Wildman–Crippen MR) is 79.9 cm³/mol. The molecule has 0 radical (unpaired) electrons. The molecule has 1 rings (SSSR count). The number of halogens is 1. The molecule has 90 valence electrons. The van der Waals surface area contributed by atoms with E-state index in [0.717, 1.165) is 28.5 Å². The Balaban J connectivity index is 2.53. The summed E-state index contributed by atoms with van der Waals surface area (Å²) in [5, 5.41) is 0. The van der Waals surface area contributed by atoms with Gasteiger partial charge >= 0.3 is 0 Å². The van der Waals surface area contributed by atoms with Crippen molar-refractivity contribution in [3.63, 3.8) is 0 Å². The van der Waals surface area contributed by atoms with E-state index in [1.807, 2.05) is 31.3 Å². The number of rotatable bonds is 5. The third kappa shape index (κ3) is 4.39. The molecule has 0 saturated carbocycles. The lowest BCUT2D eigenvalue weighted by atomic mass is 10.2. The number of unbranched alkanes of at least 4 members (excludes halogenated alkanes) is 2. The highest BCUT2D eigenvalue weighted by atomic mass is 127. The lowest BCUT2D eigenvalue weighted by Gasteiger charge is -2.18. The largest absolute Gasteiger partial charge is 0.314 e. The van der Waals surface area contributed by atoms with Crippen LogP contribution in [0.1, 0.15) is 25.7 Å². The van der Waals surface area contributed by atoms with Gasteiger partial charge in [0, 0.05) is 23.5 Å². The van der Waals surface area contributed by atoms with Crippen molar-refractivity contribution in [2.75, 3.05) is 11.9 Å². The minimum atomic E-state index is 0.145. The van der Waals surface area contributed by atoms with Crippen molar-refractivity contribution in [2.24, 2.45) is 0 Å². The Labute approximate surface area is 117 Å². The summed E-state index contributed by atoms with van der Waals surface area (Å²) in [5.74, 6) is 2.73. The maximum Gasteiger partial charge on any atom is 0.226 e. The van der Waals surface area contributed by atoms with Crippen molar-refractivity contribution in [3.05, 3.63) is 27.8 Å². The van der Waals surface area contributed by atoms with E-state index in [1.54, 1.807) is 4.90 Å². The highest BCUT2D eigenvalue weighted by Gasteiger charge is 2.12. The third-order valence-corrected chi connectivity index (χ3v) is 3.46. The van der Waals surface area contributed by atoms with E-state index in [0.29, 0.717) is 6.42 Å². The molecule has 0 aliphatic rings. The topological polar surface area (TPSA) is 20.3 Å². The zero-order valence-electron chi connectivity index (χ0n) is 9.95. The SMILES string of the molecule is C#CCCCCC(=O)N(C)c1ccccc1I. The first-order valence-corrected chi connectivity index (χ1v) is 6.69. The lowest BCUT2D eigenvalue weighted by Crippen LogP contribution is -2.26. The maximum absolute atomic E-state index is 11.9. The van der Waals surface area contributed by atoms with Gasteiger partial charge in [0.1, 0.15) is 0 Å². The molecule has 3 heteroatoms. The molecule has 1 aromatic carbocycles. The van der Waals surface area contributed by atoms with Crippen LogP contribution in [0, 0.1) is 15.9 Å². The second-order valence-electron chi connectivity index (χ2n) is 3.82. The van der Waals surface area contributed by atoms with Crippen LogP contribution in [0.25, 0.3) is 0 Å². The molecule has 1 amide bonds. The molecule has 2 nitrogen and oxygen atoms in total. The number of benzene rings is 1. The fourth-order valence-electron chi connectivity index (χ4n) is 1.53. The van der Waals surface area contributed by atoms with Crippen LogP contribution in [-0.2, 0) is 4.79 Å². The number of carbonyl (C=O) groups is 1. The summed E-state index contributed by atoms with van der Waals surface area (Å²) in [5.41, 5.74) is 0.968. The maximum atomic E-state index is 11.9. The number of hydrogen-bond acceptors (Lipinski definition) is 1. The van der Waals surface area contributed by atoms with Gasteiger partial charge in [-0.1, -0.05) is 12.1 Å². The first-order chi connectivity index (χ1) is 8.16. The van der Waals surface area contributed by atoms with Gasteiger partial charge in [-0.2, -0.15) is 0 Å². The quantitative estimate of drug-likeness (QED) is 0.456. The van der Waals surface area contributed by atoms with Gasteiger partial charge in [-0.3, -0.25) is 4.79 Å². The van der Waals surface area contributed by atoms with Crippen LogP contribution in [0.2, 0.25) is 0 Å². The van der Waals surface area contributed by atoms with E-state index in [4.69, 9.17) is 6.42 Å². The van der Waals surface area contributed by atoms with E-state index in [-0.39, 0.29) is 5.91 Å².